The Hall–Kier alpha value is -1.31. The Morgan fingerprint density at radius 1 is 1.57 bits per heavy atom. The first-order valence-corrected chi connectivity index (χ1v) is 4.99. The summed E-state index contributed by atoms with van der Waals surface area (Å²) in [6.45, 7) is 4.17. The van der Waals surface area contributed by atoms with Gasteiger partial charge in [0, 0.05) is 5.57 Å². The first-order chi connectivity index (χ1) is 6.68. The van der Waals surface area contributed by atoms with E-state index < -0.39 is 0 Å². The van der Waals surface area contributed by atoms with Crippen molar-refractivity contribution < 1.29 is 9.53 Å². The van der Waals surface area contributed by atoms with Gasteiger partial charge in [0.05, 0.1) is 5.92 Å². The molecule has 0 aromatic rings. The third-order valence-corrected chi connectivity index (χ3v) is 2.45. The van der Waals surface area contributed by atoms with Crippen LogP contribution >= 0.6 is 0 Å². The van der Waals surface area contributed by atoms with Gasteiger partial charge in [-0.2, -0.15) is 0 Å². The normalized spacial score (nSPS) is 27.9. The minimum Gasteiger partial charge on any atom is -0.427 e. The number of cyclic esters (lactones) is 1. The predicted molar refractivity (Wildman–Crippen MR) is 54.3 cm³/mol. The molecule has 2 nitrogen and oxygen atoms in total. The van der Waals surface area contributed by atoms with Gasteiger partial charge in [-0.3, -0.25) is 0 Å². The first-order valence-electron chi connectivity index (χ1n) is 4.99. The fourth-order valence-electron chi connectivity index (χ4n) is 1.82. The monoisotopic (exact) mass is 190 g/mol. The lowest BCUT2D eigenvalue weighted by Gasteiger charge is -2.10. The number of esters is 1. The summed E-state index contributed by atoms with van der Waals surface area (Å²) in [5.74, 6) is 1.25. The van der Waals surface area contributed by atoms with Crippen LogP contribution in [0.5, 0.6) is 0 Å². The van der Waals surface area contributed by atoms with E-state index in [2.05, 4.69) is 19.9 Å². The largest absolute Gasteiger partial charge is 0.427 e. The van der Waals surface area contributed by atoms with E-state index in [0.29, 0.717) is 5.92 Å². The lowest BCUT2D eigenvalue weighted by molar-refractivity contribution is -0.132. The fraction of sp³-hybridized carbons (Fsp3) is 0.417. The molecule has 2 rings (SSSR count). The third-order valence-electron chi connectivity index (χ3n) is 2.45. The van der Waals surface area contributed by atoms with Crippen LogP contribution in [0, 0.1) is 11.8 Å². The Bertz CT molecular complexity index is 345. The second kappa shape index (κ2) is 3.45. The summed E-state index contributed by atoms with van der Waals surface area (Å²) in [6, 6.07) is 0. The van der Waals surface area contributed by atoms with E-state index in [4.69, 9.17) is 4.74 Å². The summed E-state index contributed by atoms with van der Waals surface area (Å²) in [5.41, 5.74) is 0.805. The number of ether oxygens (including phenoxy) is 1. The molecule has 2 aliphatic rings. The highest BCUT2D eigenvalue weighted by atomic mass is 16.5. The zero-order valence-corrected chi connectivity index (χ0v) is 8.49. The third kappa shape index (κ3) is 1.52. The molecule has 0 spiro atoms. The lowest BCUT2D eigenvalue weighted by atomic mass is 9.91. The van der Waals surface area contributed by atoms with Crippen LogP contribution in [0.4, 0.5) is 0 Å². The molecular weight excluding hydrogens is 176 g/mol. The minimum atomic E-state index is -0.175. The van der Waals surface area contributed by atoms with Crippen molar-refractivity contribution in [1.29, 1.82) is 0 Å². The van der Waals surface area contributed by atoms with E-state index in [-0.39, 0.29) is 11.9 Å². The Balaban J connectivity index is 2.30. The van der Waals surface area contributed by atoms with Crippen molar-refractivity contribution in [2.45, 2.75) is 20.3 Å². The predicted octanol–water partition coefficient (Wildman–Crippen LogP) is 2.59. The van der Waals surface area contributed by atoms with Gasteiger partial charge in [0.25, 0.3) is 0 Å². The van der Waals surface area contributed by atoms with Crippen LogP contribution in [0.15, 0.2) is 35.6 Å². The molecule has 74 valence electrons. The molecule has 0 radical (unpaired) electrons. The summed E-state index contributed by atoms with van der Waals surface area (Å²) < 4.78 is 5.23. The van der Waals surface area contributed by atoms with Crippen LogP contribution in [0.1, 0.15) is 20.3 Å². The average molecular weight is 190 g/mol. The molecule has 1 fully saturated rings. The molecule has 14 heavy (non-hydrogen) atoms. The van der Waals surface area contributed by atoms with E-state index >= 15 is 0 Å². The van der Waals surface area contributed by atoms with E-state index in [1.165, 1.54) is 0 Å². The van der Waals surface area contributed by atoms with Gasteiger partial charge in [-0.25, -0.2) is 4.79 Å². The molecule has 1 atom stereocenters. The maximum Gasteiger partial charge on any atom is 0.339 e. The molecule has 0 saturated carbocycles. The molecule has 0 amide bonds. The maximum atomic E-state index is 11.4. The quantitative estimate of drug-likeness (QED) is 0.594. The summed E-state index contributed by atoms with van der Waals surface area (Å²) in [5, 5.41) is 0. The van der Waals surface area contributed by atoms with Crippen molar-refractivity contribution in [3.63, 3.8) is 0 Å². The number of hydrogen-bond acceptors (Lipinski definition) is 2. The highest BCUT2D eigenvalue weighted by Crippen LogP contribution is 2.36. The molecule has 1 aliphatic heterocycles. The highest BCUT2D eigenvalue weighted by Gasteiger charge is 2.35. The molecule has 0 aromatic carbocycles. The molecule has 1 heterocycles. The smallest absolute Gasteiger partial charge is 0.339 e. The Morgan fingerprint density at radius 2 is 2.36 bits per heavy atom. The second-order valence-electron chi connectivity index (χ2n) is 4.04. The van der Waals surface area contributed by atoms with Crippen LogP contribution in [0.3, 0.4) is 0 Å². The van der Waals surface area contributed by atoms with Gasteiger partial charge in [0.2, 0.25) is 0 Å². The zero-order valence-electron chi connectivity index (χ0n) is 8.49. The fourth-order valence-corrected chi connectivity index (χ4v) is 1.82. The van der Waals surface area contributed by atoms with Crippen molar-refractivity contribution in [1.82, 2.24) is 0 Å². The van der Waals surface area contributed by atoms with Crippen LogP contribution in [0.25, 0.3) is 0 Å². The summed E-state index contributed by atoms with van der Waals surface area (Å²) >= 11 is 0. The number of carbonyl (C=O) groups excluding carboxylic acids is 1. The molecule has 0 N–H and O–H groups in total. The van der Waals surface area contributed by atoms with E-state index in [1.807, 2.05) is 18.2 Å². The second-order valence-corrected chi connectivity index (χ2v) is 4.04. The van der Waals surface area contributed by atoms with Crippen molar-refractivity contribution in [3.05, 3.63) is 35.6 Å². The van der Waals surface area contributed by atoms with Crippen LogP contribution in [-0.2, 0) is 9.53 Å². The Kier molecular flexibility index (Phi) is 2.28. The van der Waals surface area contributed by atoms with Gasteiger partial charge >= 0.3 is 5.97 Å². The van der Waals surface area contributed by atoms with E-state index in [0.717, 1.165) is 17.8 Å². The molecule has 1 unspecified atom stereocenters. The van der Waals surface area contributed by atoms with Crippen molar-refractivity contribution in [2.75, 3.05) is 0 Å². The van der Waals surface area contributed by atoms with Gasteiger partial charge in [-0.1, -0.05) is 32.1 Å². The van der Waals surface area contributed by atoms with Crippen LogP contribution in [0.2, 0.25) is 0 Å². The topological polar surface area (TPSA) is 26.3 Å². The van der Waals surface area contributed by atoms with Gasteiger partial charge in [0.1, 0.15) is 5.76 Å². The van der Waals surface area contributed by atoms with E-state index in [1.54, 1.807) is 0 Å². The average Bonchev–Trinajstić information content (AvgIpc) is 2.44. The van der Waals surface area contributed by atoms with Crippen LogP contribution < -0.4 is 0 Å². The SMILES string of the molecule is CC(C)/C=C1/OC(=O)C2=CC=CCC21. The Morgan fingerprint density at radius 3 is 3.07 bits per heavy atom. The van der Waals surface area contributed by atoms with Gasteiger partial charge in [-0.05, 0) is 18.4 Å². The van der Waals surface area contributed by atoms with Crippen molar-refractivity contribution in [2.24, 2.45) is 11.8 Å². The van der Waals surface area contributed by atoms with Gasteiger partial charge in [0.15, 0.2) is 0 Å². The molecule has 1 saturated heterocycles. The number of rotatable bonds is 1. The van der Waals surface area contributed by atoms with Gasteiger partial charge in [-0.15, -0.1) is 0 Å². The van der Waals surface area contributed by atoms with Gasteiger partial charge < -0.3 is 4.74 Å². The summed E-state index contributed by atoms with van der Waals surface area (Å²) in [4.78, 5) is 11.4. The molecule has 0 bridgehead atoms. The minimum absolute atomic E-state index is 0.175. The first kappa shape index (κ1) is 9.25. The number of hydrogen-bond donors (Lipinski definition) is 0. The lowest BCUT2D eigenvalue weighted by Crippen LogP contribution is -2.04. The van der Waals surface area contributed by atoms with Crippen molar-refractivity contribution >= 4 is 5.97 Å². The number of carbonyl (C=O) groups is 1. The molecule has 0 aromatic heterocycles. The Labute approximate surface area is 83.9 Å². The number of fused-ring (bicyclic) bond motifs is 1. The zero-order chi connectivity index (χ0) is 10.1. The maximum absolute atomic E-state index is 11.4. The molecule has 1 aliphatic carbocycles. The standard InChI is InChI=1S/C12H14O2/c1-8(2)7-11-9-5-3-4-6-10(9)12(13)14-11/h3-4,6-9H,5H2,1-2H3/b11-7+. The highest BCUT2D eigenvalue weighted by molar-refractivity contribution is 5.94. The summed E-state index contributed by atoms with van der Waals surface area (Å²) in [6.07, 6.45) is 8.77. The van der Waals surface area contributed by atoms with Crippen molar-refractivity contribution in [3.8, 4) is 0 Å². The number of allylic oxidation sites excluding steroid dienone is 5. The van der Waals surface area contributed by atoms with E-state index in [9.17, 15) is 4.79 Å². The summed E-state index contributed by atoms with van der Waals surface area (Å²) in [7, 11) is 0. The molecule has 2 heteroatoms. The van der Waals surface area contributed by atoms with Crippen LogP contribution in [-0.4, -0.2) is 5.97 Å². The molecular formula is C12H14O2.